The standard InChI is InChI=1S/C8H6FN/c1-2-3-7-4-5-10-6-8(7)9/h1,4-6H,3H2. The molecule has 0 atom stereocenters. The summed E-state index contributed by atoms with van der Waals surface area (Å²) in [4.78, 5) is 3.58. The Balaban J connectivity index is 2.94. The molecule has 0 saturated carbocycles. The fraction of sp³-hybridized carbons (Fsp3) is 0.125. The fourth-order valence-corrected chi connectivity index (χ4v) is 0.657. The van der Waals surface area contributed by atoms with E-state index in [1.165, 1.54) is 6.20 Å². The highest BCUT2D eigenvalue weighted by atomic mass is 19.1. The van der Waals surface area contributed by atoms with Gasteiger partial charge >= 0.3 is 0 Å². The Hall–Kier alpha value is -1.36. The zero-order valence-electron chi connectivity index (χ0n) is 5.34. The summed E-state index contributed by atoms with van der Waals surface area (Å²) < 4.78 is 12.6. The van der Waals surface area contributed by atoms with Crippen LogP contribution in [0.25, 0.3) is 0 Å². The number of hydrogen-bond donors (Lipinski definition) is 0. The molecule has 2 heteroatoms. The van der Waals surface area contributed by atoms with E-state index >= 15 is 0 Å². The van der Waals surface area contributed by atoms with Gasteiger partial charge in [-0.15, -0.1) is 12.3 Å². The number of nitrogens with zero attached hydrogens (tertiary/aromatic N) is 1. The van der Waals surface area contributed by atoms with Gasteiger partial charge in [0.05, 0.1) is 6.20 Å². The minimum atomic E-state index is -0.333. The van der Waals surface area contributed by atoms with Crippen LogP contribution in [-0.4, -0.2) is 4.98 Å². The van der Waals surface area contributed by atoms with Crippen LogP contribution in [0.15, 0.2) is 18.5 Å². The quantitative estimate of drug-likeness (QED) is 0.530. The number of hydrogen-bond acceptors (Lipinski definition) is 1. The summed E-state index contributed by atoms with van der Waals surface area (Å²) in [5.41, 5.74) is 0.525. The summed E-state index contributed by atoms with van der Waals surface area (Å²) in [7, 11) is 0. The Labute approximate surface area is 58.9 Å². The lowest BCUT2D eigenvalue weighted by Crippen LogP contribution is -1.88. The molecular weight excluding hydrogens is 129 g/mol. The van der Waals surface area contributed by atoms with E-state index in [4.69, 9.17) is 6.42 Å². The lowest BCUT2D eigenvalue weighted by Gasteiger charge is -1.93. The predicted molar refractivity (Wildman–Crippen MR) is 36.7 cm³/mol. The third kappa shape index (κ3) is 1.32. The smallest absolute Gasteiger partial charge is 0.145 e. The molecule has 1 nitrogen and oxygen atoms in total. The summed E-state index contributed by atoms with van der Waals surface area (Å²) in [5.74, 6) is 2.02. The number of halogens is 1. The monoisotopic (exact) mass is 135 g/mol. The predicted octanol–water partition coefficient (Wildman–Crippen LogP) is 1.40. The molecule has 0 saturated heterocycles. The van der Waals surface area contributed by atoms with Crippen LogP contribution >= 0.6 is 0 Å². The number of rotatable bonds is 1. The van der Waals surface area contributed by atoms with Gasteiger partial charge in [-0.2, -0.15) is 0 Å². The van der Waals surface area contributed by atoms with E-state index in [0.717, 1.165) is 6.20 Å². The zero-order valence-corrected chi connectivity index (χ0v) is 5.34. The zero-order chi connectivity index (χ0) is 7.40. The second kappa shape index (κ2) is 2.98. The molecule has 0 N–H and O–H groups in total. The Morgan fingerprint density at radius 2 is 2.50 bits per heavy atom. The van der Waals surface area contributed by atoms with Crippen molar-refractivity contribution in [2.24, 2.45) is 0 Å². The topological polar surface area (TPSA) is 12.9 Å². The highest BCUT2D eigenvalue weighted by Crippen LogP contribution is 2.03. The van der Waals surface area contributed by atoms with Gasteiger partial charge < -0.3 is 0 Å². The average Bonchev–Trinajstić information content (AvgIpc) is 1.94. The van der Waals surface area contributed by atoms with Crippen molar-refractivity contribution in [3.63, 3.8) is 0 Å². The Morgan fingerprint density at radius 1 is 1.70 bits per heavy atom. The summed E-state index contributed by atoms with van der Waals surface area (Å²) in [6.07, 6.45) is 8.00. The van der Waals surface area contributed by atoms with Crippen molar-refractivity contribution < 1.29 is 4.39 Å². The van der Waals surface area contributed by atoms with Crippen molar-refractivity contribution >= 4 is 0 Å². The molecule has 0 radical (unpaired) electrons. The van der Waals surface area contributed by atoms with Gasteiger partial charge in [0.2, 0.25) is 0 Å². The van der Waals surface area contributed by atoms with Gasteiger partial charge in [-0.3, -0.25) is 4.98 Å². The lowest BCUT2D eigenvalue weighted by molar-refractivity contribution is 0.609. The van der Waals surface area contributed by atoms with E-state index in [9.17, 15) is 4.39 Å². The molecule has 0 aromatic carbocycles. The van der Waals surface area contributed by atoms with Crippen LogP contribution in [0, 0.1) is 18.2 Å². The molecule has 1 heterocycles. The largest absolute Gasteiger partial charge is 0.262 e. The first-order valence-electron chi connectivity index (χ1n) is 2.86. The Kier molecular flexibility index (Phi) is 2.01. The maximum atomic E-state index is 12.6. The van der Waals surface area contributed by atoms with Crippen molar-refractivity contribution in [3.8, 4) is 12.3 Å². The minimum Gasteiger partial charge on any atom is -0.262 e. The number of terminal acetylenes is 1. The highest BCUT2D eigenvalue weighted by molar-refractivity contribution is 5.17. The van der Waals surface area contributed by atoms with Gasteiger partial charge in [0.25, 0.3) is 0 Å². The molecule has 0 fully saturated rings. The fourth-order valence-electron chi connectivity index (χ4n) is 0.657. The van der Waals surface area contributed by atoms with E-state index in [2.05, 4.69) is 10.9 Å². The molecule has 0 spiro atoms. The van der Waals surface area contributed by atoms with Gasteiger partial charge in [-0.25, -0.2) is 4.39 Å². The van der Waals surface area contributed by atoms with Crippen LogP contribution in [0.2, 0.25) is 0 Å². The van der Waals surface area contributed by atoms with Crippen LogP contribution in [-0.2, 0) is 6.42 Å². The van der Waals surface area contributed by atoms with E-state index < -0.39 is 0 Å². The van der Waals surface area contributed by atoms with E-state index in [-0.39, 0.29) is 5.82 Å². The van der Waals surface area contributed by atoms with E-state index in [1.807, 2.05) is 0 Å². The van der Waals surface area contributed by atoms with Crippen LogP contribution in [0.3, 0.4) is 0 Å². The van der Waals surface area contributed by atoms with Gasteiger partial charge in [0.15, 0.2) is 0 Å². The summed E-state index contributed by atoms with van der Waals surface area (Å²) in [5, 5.41) is 0. The maximum absolute atomic E-state index is 12.6. The van der Waals surface area contributed by atoms with Crippen LogP contribution in [0.5, 0.6) is 0 Å². The molecule has 0 amide bonds. The Morgan fingerprint density at radius 3 is 3.10 bits per heavy atom. The molecule has 1 aromatic heterocycles. The van der Waals surface area contributed by atoms with Crippen molar-refractivity contribution in [1.29, 1.82) is 0 Å². The molecule has 0 bridgehead atoms. The van der Waals surface area contributed by atoms with E-state index in [0.29, 0.717) is 12.0 Å². The molecule has 0 aliphatic heterocycles. The first-order chi connectivity index (χ1) is 4.84. The van der Waals surface area contributed by atoms with Crippen molar-refractivity contribution in [1.82, 2.24) is 4.98 Å². The second-order valence-corrected chi connectivity index (χ2v) is 1.85. The van der Waals surface area contributed by atoms with Crippen molar-refractivity contribution in [3.05, 3.63) is 29.8 Å². The molecule has 0 unspecified atom stereocenters. The van der Waals surface area contributed by atoms with Gasteiger partial charge in [0, 0.05) is 18.2 Å². The molecule has 50 valence electrons. The summed E-state index contributed by atoms with van der Waals surface area (Å²) in [6.45, 7) is 0. The van der Waals surface area contributed by atoms with Crippen molar-refractivity contribution in [2.75, 3.05) is 0 Å². The average molecular weight is 135 g/mol. The first kappa shape index (κ1) is 6.76. The lowest BCUT2D eigenvalue weighted by atomic mass is 10.2. The molecule has 0 aliphatic carbocycles. The minimum absolute atomic E-state index is 0.328. The SMILES string of the molecule is C#CCc1ccncc1F. The molecule has 1 rings (SSSR count). The van der Waals surface area contributed by atoms with E-state index in [1.54, 1.807) is 6.07 Å². The third-order valence-corrected chi connectivity index (χ3v) is 1.15. The Bertz CT molecular complexity index is 262. The molecular formula is C8H6FN. The van der Waals surface area contributed by atoms with Crippen LogP contribution in [0.4, 0.5) is 4.39 Å². The van der Waals surface area contributed by atoms with Crippen LogP contribution < -0.4 is 0 Å². The van der Waals surface area contributed by atoms with Gasteiger partial charge in [0.1, 0.15) is 5.82 Å². The number of aromatic nitrogens is 1. The molecule has 0 aliphatic rings. The normalized spacial score (nSPS) is 8.80. The summed E-state index contributed by atoms with van der Waals surface area (Å²) >= 11 is 0. The summed E-state index contributed by atoms with van der Waals surface area (Å²) in [6, 6.07) is 1.58. The second-order valence-electron chi connectivity index (χ2n) is 1.85. The highest BCUT2D eigenvalue weighted by Gasteiger charge is 1.96. The van der Waals surface area contributed by atoms with Gasteiger partial charge in [-0.1, -0.05) is 0 Å². The van der Waals surface area contributed by atoms with Crippen molar-refractivity contribution in [2.45, 2.75) is 6.42 Å². The first-order valence-corrected chi connectivity index (χ1v) is 2.86. The van der Waals surface area contributed by atoms with Gasteiger partial charge in [-0.05, 0) is 6.07 Å². The third-order valence-electron chi connectivity index (χ3n) is 1.15. The number of pyridine rings is 1. The molecule has 10 heavy (non-hydrogen) atoms. The van der Waals surface area contributed by atoms with Crippen LogP contribution in [0.1, 0.15) is 5.56 Å². The molecule has 1 aromatic rings. The maximum Gasteiger partial charge on any atom is 0.145 e.